The lowest BCUT2D eigenvalue weighted by molar-refractivity contribution is -0.384. The number of carbonyl (C=O) groups excluding carboxylic acids is 1. The summed E-state index contributed by atoms with van der Waals surface area (Å²) in [6, 6.07) is 16.7. The Morgan fingerprint density at radius 2 is 1.94 bits per heavy atom. The first-order chi connectivity index (χ1) is 16.4. The number of hydrazone groups is 1. The molecule has 0 radical (unpaired) electrons. The van der Waals surface area contributed by atoms with Crippen molar-refractivity contribution in [3.05, 3.63) is 91.9 Å². The lowest BCUT2D eigenvalue weighted by Crippen LogP contribution is -2.24. The largest absolute Gasteiger partial charge is 0.490 e. The van der Waals surface area contributed by atoms with E-state index in [0.29, 0.717) is 39.4 Å². The Hall–Kier alpha value is -3.92. The number of carbonyl (C=O) groups is 1. The Labute approximate surface area is 205 Å². The number of nitro benzene ring substituents is 1. The van der Waals surface area contributed by atoms with Gasteiger partial charge in [0.1, 0.15) is 6.61 Å². The Morgan fingerprint density at radius 1 is 1.15 bits per heavy atom. The maximum Gasteiger partial charge on any atom is 0.339 e. The van der Waals surface area contributed by atoms with E-state index in [0.717, 1.165) is 5.56 Å². The highest BCUT2D eigenvalue weighted by atomic mass is 79.9. The summed E-state index contributed by atoms with van der Waals surface area (Å²) >= 11 is 3.48. The van der Waals surface area contributed by atoms with Crippen molar-refractivity contribution in [3.8, 4) is 11.5 Å². The van der Waals surface area contributed by atoms with Gasteiger partial charge >= 0.3 is 6.03 Å². The fourth-order valence-corrected chi connectivity index (χ4v) is 3.58. The van der Waals surface area contributed by atoms with Gasteiger partial charge in [-0.1, -0.05) is 30.3 Å². The maximum atomic E-state index is 12.1. The van der Waals surface area contributed by atoms with Crippen LogP contribution in [0.3, 0.4) is 0 Å². The zero-order chi connectivity index (χ0) is 24.5. The average molecular weight is 527 g/mol. The summed E-state index contributed by atoms with van der Waals surface area (Å²) in [6.07, 6.45) is 1.48. The molecule has 0 aliphatic carbocycles. The van der Waals surface area contributed by atoms with Gasteiger partial charge in [0.2, 0.25) is 0 Å². The number of urea groups is 1. The summed E-state index contributed by atoms with van der Waals surface area (Å²) in [5.74, 6) is 0.920. The molecule has 10 heteroatoms. The first-order valence-corrected chi connectivity index (χ1v) is 11.1. The van der Waals surface area contributed by atoms with Gasteiger partial charge in [0, 0.05) is 17.8 Å². The number of benzene rings is 3. The molecule has 2 N–H and O–H groups in total. The Kier molecular flexibility index (Phi) is 8.58. The van der Waals surface area contributed by atoms with E-state index in [9.17, 15) is 14.9 Å². The van der Waals surface area contributed by atoms with Crippen LogP contribution in [-0.4, -0.2) is 23.8 Å². The molecule has 176 valence electrons. The van der Waals surface area contributed by atoms with Crippen molar-refractivity contribution in [1.29, 1.82) is 0 Å². The van der Waals surface area contributed by atoms with Crippen molar-refractivity contribution in [2.24, 2.45) is 5.10 Å². The molecule has 0 aromatic heterocycles. The molecule has 0 saturated heterocycles. The average Bonchev–Trinajstić information content (AvgIpc) is 2.80. The second-order valence-electron chi connectivity index (χ2n) is 7.12. The van der Waals surface area contributed by atoms with Crippen LogP contribution in [0.15, 0.2) is 70.2 Å². The standard InChI is InChI=1S/C24H23BrN4O5/c1-3-33-22-13-18(14-26-28-24(30)27-21-10-5-4-7-16(21)2)12-20(25)23(22)34-15-17-8-6-9-19(11-17)29(31)32/h4-14H,3,15H2,1-2H3,(H2,27,28,30). The van der Waals surface area contributed by atoms with Gasteiger partial charge in [-0.3, -0.25) is 10.1 Å². The number of nitro groups is 1. The fourth-order valence-electron chi connectivity index (χ4n) is 3.01. The van der Waals surface area contributed by atoms with Crippen LogP contribution in [0.5, 0.6) is 11.5 Å². The first-order valence-electron chi connectivity index (χ1n) is 10.4. The highest BCUT2D eigenvalue weighted by Crippen LogP contribution is 2.37. The highest BCUT2D eigenvalue weighted by Gasteiger charge is 2.13. The molecule has 34 heavy (non-hydrogen) atoms. The fraction of sp³-hybridized carbons (Fsp3) is 0.167. The van der Waals surface area contributed by atoms with Crippen LogP contribution in [0.2, 0.25) is 0 Å². The molecule has 0 fully saturated rings. The molecule has 0 unspecified atom stereocenters. The number of para-hydroxylation sites is 1. The van der Waals surface area contributed by atoms with Crippen LogP contribution >= 0.6 is 15.9 Å². The van der Waals surface area contributed by atoms with Crippen LogP contribution in [0, 0.1) is 17.0 Å². The maximum absolute atomic E-state index is 12.1. The molecule has 0 heterocycles. The number of rotatable bonds is 9. The Bertz CT molecular complexity index is 1220. The molecule has 9 nitrogen and oxygen atoms in total. The second kappa shape index (κ2) is 11.8. The van der Waals surface area contributed by atoms with Crippen molar-refractivity contribution in [1.82, 2.24) is 5.43 Å². The first kappa shape index (κ1) is 24.7. The smallest absolute Gasteiger partial charge is 0.339 e. The van der Waals surface area contributed by atoms with Gasteiger partial charge in [-0.25, -0.2) is 10.2 Å². The SMILES string of the molecule is CCOc1cc(C=NNC(=O)Nc2ccccc2C)cc(Br)c1OCc1cccc([N+](=O)[O-])c1. The van der Waals surface area contributed by atoms with E-state index < -0.39 is 11.0 Å². The topological polar surface area (TPSA) is 115 Å². The van der Waals surface area contributed by atoms with Crippen molar-refractivity contribution in [2.45, 2.75) is 20.5 Å². The second-order valence-corrected chi connectivity index (χ2v) is 7.97. The Morgan fingerprint density at radius 3 is 2.68 bits per heavy atom. The van der Waals surface area contributed by atoms with Gasteiger partial charge < -0.3 is 14.8 Å². The molecular formula is C24H23BrN4O5. The minimum absolute atomic E-state index is 0.00396. The van der Waals surface area contributed by atoms with E-state index >= 15 is 0 Å². The summed E-state index contributed by atoms with van der Waals surface area (Å²) in [7, 11) is 0. The molecule has 0 aliphatic heterocycles. The molecule has 0 bridgehead atoms. The van der Waals surface area contributed by atoms with E-state index in [1.807, 2.05) is 32.0 Å². The normalized spacial score (nSPS) is 10.7. The van der Waals surface area contributed by atoms with Crippen molar-refractivity contribution >= 4 is 39.6 Å². The van der Waals surface area contributed by atoms with E-state index in [2.05, 4.69) is 31.8 Å². The summed E-state index contributed by atoms with van der Waals surface area (Å²) in [5.41, 5.74) is 5.37. The van der Waals surface area contributed by atoms with Crippen molar-refractivity contribution in [2.75, 3.05) is 11.9 Å². The summed E-state index contributed by atoms with van der Waals surface area (Å²) in [5, 5.41) is 17.7. The number of nitrogens with one attached hydrogen (secondary N) is 2. The van der Waals surface area contributed by atoms with Crippen LogP contribution in [0.25, 0.3) is 0 Å². The number of non-ortho nitro benzene ring substituents is 1. The minimum Gasteiger partial charge on any atom is -0.490 e. The molecule has 3 aromatic carbocycles. The molecule has 3 aromatic rings. The third-order valence-electron chi connectivity index (χ3n) is 4.61. The number of hydrogen-bond acceptors (Lipinski definition) is 6. The number of amides is 2. The van der Waals surface area contributed by atoms with E-state index in [1.54, 1.807) is 30.3 Å². The van der Waals surface area contributed by atoms with Crippen LogP contribution < -0.4 is 20.2 Å². The molecule has 2 amide bonds. The predicted octanol–water partition coefficient (Wildman–Crippen LogP) is 5.80. The predicted molar refractivity (Wildman–Crippen MR) is 134 cm³/mol. The molecule has 0 aliphatic rings. The number of hydrogen-bond donors (Lipinski definition) is 2. The zero-order valence-electron chi connectivity index (χ0n) is 18.6. The van der Waals surface area contributed by atoms with Crippen molar-refractivity contribution in [3.63, 3.8) is 0 Å². The Balaban J connectivity index is 1.69. The quantitative estimate of drug-likeness (QED) is 0.207. The molecule has 0 atom stereocenters. The summed E-state index contributed by atoms with van der Waals surface area (Å²) in [6.45, 7) is 4.26. The number of ether oxygens (including phenoxy) is 2. The number of aryl methyl sites for hydroxylation is 1. The molecular weight excluding hydrogens is 504 g/mol. The van der Waals surface area contributed by atoms with Crippen molar-refractivity contribution < 1.29 is 19.2 Å². The van der Waals surface area contributed by atoms with Gasteiger partial charge in [0.15, 0.2) is 11.5 Å². The third kappa shape index (κ3) is 6.79. The lowest BCUT2D eigenvalue weighted by Gasteiger charge is -2.14. The minimum atomic E-state index is -0.466. The monoisotopic (exact) mass is 526 g/mol. The molecule has 3 rings (SSSR count). The molecule has 0 saturated carbocycles. The highest BCUT2D eigenvalue weighted by molar-refractivity contribution is 9.10. The van der Waals surface area contributed by atoms with Crippen LogP contribution in [0.4, 0.5) is 16.2 Å². The lowest BCUT2D eigenvalue weighted by atomic mass is 10.2. The zero-order valence-corrected chi connectivity index (χ0v) is 20.2. The van der Waals surface area contributed by atoms with E-state index in [4.69, 9.17) is 9.47 Å². The summed E-state index contributed by atoms with van der Waals surface area (Å²) in [4.78, 5) is 22.6. The van der Waals surface area contributed by atoms with Gasteiger partial charge in [-0.05, 0) is 64.7 Å². The van der Waals surface area contributed by atoms with Gasteiger partial charge in [-0.15, -0.1) is 0 Å². The third-order valence-corrected chi connectivity index (χ3v) is 5.20. The van der Waals surface area contributed by atoms with E-state index in [1.165, 1.54) is 18.3 Å². The van der Waals surface area contributed by atoms with Gasteiger partial charge in [0.05, 0.1) is 22.2 Å². The number of halogens is 1. The number of anilines is 1. The summed E-state index contributed by atoms with van der Waals surface area (Å²) < 4.78 is 12.2. The van der Waals surface area contributed by atoms with Crippen LogP contribution in [0.1, 0.15) is 23.6 Å². The van der Waals surface area contributed by atoms with E-state index in [-0.39, 0.29) is 12.3 Å². The van der Waals surface area contributed by atoms with Gasteiger partial charge in [0.25, 0.3) is 5.69 Å². The van der Waals surface area contributed by atoms with Gasteiger partial charge in [-0.2, -0.15) is 5.10 Å². The molecule has 0 spiro atoms. The number of nitrogens with zero attached hydrogens (tertiary/aromatic N) is 2. The van der Waals surface area contributed by atoms with Crippen LogP contribution in [-0.2, 0) is 6.61 Å².